The number of rotatable bonds is 5. The topological polar surface area (TPSA) is 108 Å². The fourth-order valence-electron chi connectivity index (χ4n) is 4.75. The van der Waals surface area contributed by atoms with Crippen molar-refractivity contribution >= 4 is 39.2 Å². The molecule has 0 spiro atoms. The number of sulfonamides is 1. The molecule has 0 unspecified atom stereocenters. The standard InChI is InChI=1S/C24H29ClN8O3S/c1-18-4-5-19(25)16-21(18)30-12-14-33(15-13-30)37(35,36)22-20(17-29(2)28-22)23(34)31-8-10-32(11-9-31)24-26-6-3-7-27-24/h3-7,16-17H,8-15H2,1-2H3. The third-order valence-corrected chi connectivity index (χ3v) is 8.83. The lowest BCUT2D eigenvalue weighted by molar-refractivity contribution is 0.0742. The smallest absolute Gasteiger partial charge is 0.263 e. The predicted octanol–water partition coefficient (Wildman–Crippen LogP) is 1.65. The number of benzene rings is 1. The van der Waals surface area contributed by atoms with Crippen LogP contribution in [0.5, 0.6) is 0 Å². The van der Waals surface area contributed by atoms with Crippen molar-refractivity contribution < 1.29 is 13.2 Å². The maximum atomic E-state index is 13.6. The van der Waals surface area contributed by atoms with E-state index in [2.05, 4.69) is 20.0 Å². The van der Waals surface area contributed by atoms with Gasteiger partial charge in [-0.25, -0.2) is 18.4 Å². The molecule has 1 aromatic carbocycles. The summed E-state index contributed by atoms with van der Waals surface area (Å²) in [5, 5.41) is 4.67. The van der Waals surface area contributed by atoms with E-state index in [0.29, 0.717) is 50.2 Å². The molecule has 2 saturated heterocycles. The number of aromatic nitrogens is 4. The minimum atomic E-state index is -3.96. The van der Waals surface area contributed by atoms with E-state index in [1.54, 1.807) is 30.4 Å². The third kappa shape index (κ3) is 5.13. The molecule has 0 atom stereocenters. The van der Waals surface area contributed by atoms with Crippen LogP contribution in [0.3, 0.4) is 0 Å². The number of aryl methyl sites for hydroxylation is 2. The maximum absolute atomic E-state index is 13.6. The Labute approximate surface area is 221 Å². The minimum Gasteiger partial charge on any atom is -0.369 e. The summed E-state index contributed by atoms with van der Waals surface area (Å²) in [5.74, 6) is 0.278. The van der Waals surface area contributed by atoms with Gasteiger partial charge in [0.25, 0.3) is 15.9 Å². The van der Waals surface area contributed by atoms with Gasteiger partial charge in [-0.15, -0.1) is 0 Å². The number of nitrogens with zero attached hydrogens (tertiary/aromatic N) is 8. The number of carbonyl (C=O) groups excluding carboxylic acids is 1. The minimum absolute atomic E-state index is 0.0972. The number of halogens is 1. The first-order valence-corrected chi connectivity index (χ1v) is 13.9. The van der Waals surface area contributed by atoms with Crippen LogP contribution >= 0.6 is 11.6 Å². The Morgan fingerprint density at radius 3 is 2.27 bits per heavy atom. The Hall–Kier alpha value is -3.22. The monoisotopic (exact) mass is 544 g/mol. The predicted molar refractivity (Wildman–Crippen MR) is 141 cm³/mol. The number of amides is 1. The third-order valence-electron chi connectivity index (χ3n) is 6.76. The van der Waals surface area contributed by atoms with Crippen molar-refractivity contribution in [1.29, 1.82) is 0 Å². The first kappa shape index (κ1) is 25.4. The summed E-state index contributed by atoms with van der Waals surface area (Å²) in [7, 11) is -2.34. The van der Waals surface area contributed by atoms with Gasteiger partial charge in [0.15, 0.2) is 0 Å². The number of hydrogen-bond acceptors (Lipinski definition) is 8. The van der Waals surface area contributed by atoms with E-state index in [4.69, 9.17) is 11.6 Å². The zero-order chi connectivity index (χ0) is 26.2. The molecule has 0 bridgehead atoms. The molecule has 0 N–H and O–H groups in total. The molecule has 1 amide bonds. The van der Waals surface area contributed by atoms with Crippen LogP contribution in [0, 0.1) is 6.92 Å². The number of carbonyl (C=O) groups is 1. The van der Waals surface area contributed by atoms with Gasteiger partial charge in [0.2, 0.25) is 11.0 Å². The van der Waals surface area contributed by atoms with E-state index in [-0.39, 0.29) is 29.6 Å². The van der Waals surface area contributed by atoms with Crippen LogP contribution in [-0.4, -0.2) is 95.6 Å². The fourth-order valence-corrected chi connectivity index (χ4v) is 6.46. The fraction of sp³-hybridized carbons (Fsp3) is 0.417. The molecule has 3 aromatic rings. The van der Waals surface area contributed by atoms with Crippen molar-refractivity contribution in [3.63, 3.8) is 0 Å². The van der Waals surface area contributed by atoms with Gasteiger partial charge in [-0.1, -0.05) is 17.7 Å². The highest BCUT2D eigenvalue weighted by molar-refractivity contribution is 7.89. The van der Waals surface area contributed by atoms with Crippen molar-refractivity contribution in [2.75, 3.05) is 62.2 Å². The summed E-state index contributed by atoms with van der Waals surface area (Å²) >= 11 is 6.18. The summed E-state index contributed by atoms with van der Waals surface area (Å²) in [5.41, 5.74) is 2.18. The number of anilines is 2. The van der Waals surface area contributed by atoms with E-state index in [1.807, 2.05) is 30.0 Å². The summed E-state index contributed by atoms with van der Waals surface area (Å²) in [6.07, 6.45) is 4.86. The molecule has 0 saturated carbocycles. The molecule has 2 aromatic heterocycles. The molecular formula is C24H29ClN8O3S. The number of piperazine rings is 2. The van der Waals surface area contributed by atoms with Gasteiger partial charge in [0.05, 0.1) is 5.56 Å². The lowest BCUT2D eigenvalue weighted by Gasteiger charge is -2.36. The van der Waals surface area contributed by atoms with Crippen LogP contribution in [0.2, 0.25) is 5.02 Å². The van der Waals surface area contributed by atoms with Gasteiger partial charge in [-0.2, -0.15) is 9.40 Å². The highest BCUT2D eigenvalue weighted by Crippen LogP contribution is 2.27. The molecule has 2 fully saturated rings. The van der Waals surface area contributed by atoms with Crippen molar-refractivity contribution in [2.45, 2.75) is 11.9 Å². The van der Waals surface area contributed by atoms with Gasteiger partial charge in [-0.3, -0.25) is 9.48 Å². The largest absolute Gasteiger partial charge is 0.369 e. The Kier molecular flexibility index (Phi) is 7.06. The molecule has 5 rings (SSSR count). The Bertz CT molecular complexity index is 1380. The number of hydrogen-bond donors (Lipinski definition) is 0. The molecule has 196 valence electrons. The maximum Gasteiger partial charge on any atom is 0.263 e. The van der Waals surface area contributed by atoms with E-state index < -0.39 is 10.0 Å². The molecular weight excluding hydrogens is 516 g/mol. The van der Waals surface area contributed by atoms with Crippen LogP contribution in [0.25, 0.3) is 0 Å². The molecule has 4 heterocycles. The SMILES string of the molecule is Cc1ccc(Cl)cc1N1CCN(S(=O)(=O)c2nn(C)cc2C(=O)N2CCN(c3ncccn3)CC2)CC1. The van der Waals surface area contributed by atoms with Gasteiger partial charge >= 0.3 is 0 Å². The average Bonchev–Trinajstić information content (AvgIpc) is 3.33. The van der Waals surface area contributed by atoms with Crippen molar-refractivity contribution in [1.82, 2.24) is 29.0 Å². The first-order valence-electron chi connectivity index (χ1n) is 12.1. The molecule has 13 heteroatoms. The van der Waals surface area contributed by atoms with Gasteiger partial charge in [-0.05, 0) is 30.7 Å². The van der Waals surface area contributed by atoms with Crippen molar-refractivity contribution in [3.8, 4) is 0 Å². The summed E-state index contributed by atoms with van der Waals surface area (Å²) in [6, 6.07) is 7.46. The average molecular weight is 545 g/mol. The normalized spacial score (nSPS) is 17.3. The summed E-state index contributed by atoms with van der Waals surface area (Å²) < 4.78 is 30.0. The summed E-state index contributed by atoms with van der Waals surface area (Å²) in [6.45, 7) is 5.59. The summed E-state index contributed by atoms with van der Waals surface area (Å²) in [4.78, 5) is 27.8. The highest BCUT2D eigenvalue weighted by Gasteiger charge is 2.36. The Morgan fingerprint density at radius 1 is 0.946 bits per heavy atom. The van der Waals surface area contributed by atoms with Gasteiger partial charge < -0.3 is 14.7 Å². The van der Waals surface area contributed by atoms with E-state index in [9.17, 15) is 13.2 Å². The second-order valence-electron chi connectivity index (χ2n) is 9.17. The van der Waals surface area contributed by atoms with Gasteiger partial charge in [0.1, 0.15) is 0 Å². The quantitative estimate of drug-likeness (QED) is 0.477. The second kappa shape index (κ2) is 10.3. The molecule has 11 nitrogen and oxygen atoms in total. The van der Waals surface area contributed by atoms with Gasteiger partial charge in [0, 0.05) is 88.7 Å². The molecule has 2 aliphatic heterocycles. The van der Waals surface area contributed by atoms with Crippen LogP contribution < -0.4 is 9.80 Å². The molecule has 0 radical (unpaired) electrons. The Balaban J connectivity index is 1.29. The van der Waals surface area contributed by atoms with E-state index in [1.165, 1.54) is 15.2 Å². The van der Waals surface area contributed by atoms with E-state index in [0.717, 1.165) is 11.3 Å². The van der Waals surface area contributed by atoms with Crippen molar-refractivity contribution in [2.24, 2.45) is 7.05 Å². The Morgan fingerprint density at radius 2 is 1.59 bits per heavy atom. The molecule has 37 heavy (non-hydrogen) atoms. The molecule has 0 aliphatic carbocycles. The van der Waals surface area contributed by atoms with Crippen molar-refractivity contribution in [3.05, 3.63) is 59.0 Å². The first-order chi connectivity index (χ1) is 17.7. The lowest BCUT2D eigenvalue weighted by Crippen LogP contribution is -2.50. The van der Waals surface area contributed by atoms with E-state index >= 15 is 0 Å². The zero-order valence-electron chi connectivity index (χ0n) is 20.8. The zero-order valence-corrected chi connectivity index (χ0v) is 22.4. The van der Waals surface area contributed by atoms with Crippen LogP contribution in [-0.2, 0) is 17.1 Å². The van der Waals surface area contributed by atoms with Crippen LogP contribution in [0.15, 0.2) is 47.9 Å². The molecule has 2 aliphatic rings. The van der Waals surface area contributed by atoms with Crippen LogP contribution in [0.4, 0.5) is 11.6 Å². The highest BCUT2D eigenvalue weighted by atomic mass is 35.5. The van der Waals surface area contributed by atoms with Crippen LogP contribution in [0.1, 0.15) is 15.9 Å². The lowest BCUT2D eigenvalue weighted by atomic mass is 10.1. The second-order valence-corrected chi connectivity index (χ2v) is 11.5.